The summed E-state index contributed by atoms with van der Waals surface area (Å²) in [5.74, 6) is 1.91. The van der Waals surface area contributed by atoms with Crippen LogP contribution < -0.4 is 9.47 Å². The van der Waals surface area contributed by atoms with Gasteiger partial charge in [0.15, 0.2) is 9.84 Å². The lowest BCUT2D eigenvalue weighted by Gasteiger charge is -2.39. The highest BCUT2D eigenvalue weighted by atomic mass is 32.2. The Labute approximate surface area is 179 Å². The predicted octanol–water partition coefficient (Wildman–Crippen LogP) is 0.726. The molecule has 168 valence electrons. The molecule has 0 aromatic heterocycles. The number of hydrogen-bond acceptors (Lipinski definition) is 7. The quantitative estimate of drug-likeness (QED) is 0.591. The van der Waals surface area contributed by atoms with E-state index in [1.807, 2.05) is 31.2 Å². The molecule has 3 rings (SSSR count). The molecule has 2 aliphatic rings. The minimum atomic E-state index is -3.00. The highest BCUT2D eigenvalue weighted by molar-refractivity contribution is 7.91. The summed E-state index contributed by atoms with van der Waals surface area (Å²) in [6, 6.07) is 7.12. The molecule has 2 heterocycles. The van der Waals surface area contributed by atoms with Gasteiger partial charge in [0.2, 0.25) is 5.91 Å². The summed E-state index contributed by atoms with van der Waals surface area (Å²) in [5, 5.41) is 0. The van der Waals surface area contributed by atoms with Crippen molar-refractivity contribution in [2.24, 2.45) is 0 Å². The first-order valence-electron chi connectivity index (χ1n) is 10.5. The number of piperazine rings is 1. The number of carbonyl (C=O) groups is 1. The molecule has 2 fully saturated rings. The Morgan fingerprint density at radius 3 is 2.37 bits per heavy atom. The largest absolute Gasteiger partial charge is 0.497 e. The number of carbonyl (C=O) groups excluding carboxylic acids is 1. The fourth-order valence-electron chi connectivity index (χ4n) is 4.05. The Morgan fingerprint density at radius 1 is 1.17 bits per heavy atom. The van der Waals surface area contributed by atoms with Crippen LogP contribution in [0.4, 0.5) is 0 Å². The SMILES string of the molecule is COc1ccc(OCCN2CCN([C@@H](C)C(=O)N(C)[C@H]3CCS(=O)(=O)C3)CC2)cc1. The van der Waals surface area contributed by atoms with Gasteiger partial charge in [0.25, 0.3) is 0 Å². The van der Waals surface area contributed by atoms with Gasteiger partial charge in [-0.05, 0) is 37.6 Å². The van der Waals surface area contributed by atoms with Crippen LogP contribution in [0.25, 0.3) is 0 Å². The molecule has 1 aromatic rings. The van der Waals surface area contributed by atoms with Crippen LogP contribution in [0, 0.1) is 0 Å². The second-order valence-corrected chi connectivity index (χ2v) is 10.3. The van der Waals surface area contributed by atoms with Crippen molar-refractivity contribution in [3.05, 3.63) is 24.3 Å². The monoisotopic (exact) mass is 439 g/mol. The summed E-state index contributed by atoms with van der Waals surface area (Å²) in [7, 11) is 0.377. The van der Waals surface area contributed by atoms with Gasteiger partial charge in [-0.25, -0.2) is 8.42 Å². The number of sulfone groups is 1. The van der Waals surface area contributed by atoms with Crippen molar-refractivity contribution >= 4 is 15.7 Å². The van der Waals surface area contributed by atoms with Crippen LogP contribution in [0.15, 0.2) is 24.3 Å². The maximum absolute atomic E-state index is 12.8. The number of methoxy groups -OCH3 is 1. The van der Waals surface area contributed by atoms with E-state index in [2.05, 4.69) is 9.80 Å². The highest BCUT2D eigenvalue weighted by Gasteiger charge is 2.35. The van der Waals surface area contributed by atoms with Crippen molar-refractivity contribution in [1.29, 1.82) is 0 Å². The molecule has 0 unspecified atom stereocenters. The molecule has 2 atom stereocenters. The average Bonchev–Trinajstić information content (AvgIpc) is 3.13. The van der Waals surface area contributed by atoms with Gasteiger partial charge < -0.3 is 14.4 Å². The van der Waals surface area contributed by atoms with Crippen LogP contribution in [0.5, 0.6) is 11.5 Å². The molecule has 0 N–H and O–H groups in total. The number of benzene rings is 1. The lowest BCUT2D eigenvalue weighted by molar-refractivity contribution is -0.137. The van der Waals surface area contributed by atoms with E-state index in [9.17, 15) is 13.2 Å². The normalized spacial score (nSPS) is 23.1. The summed E-state index contributed by atoms with van der Waals surface area (Å²) in [4.78, 5) is 19.0. The first-order chi connectivity index (χ1) is 14.3. The lowest BCUT2D eigenvalue weighted by Crippen LogP contribution is -2.55. The van der Waals surface area contributed by atoms with Crippen molar-refractivity contribution in [3.8, 4) is 11.5 Å². The molecule has 0 aliphatic carbocycles. The van der Waals surface area contributed by atoms with Crippen molar-refractivity contribution < 1.29 is 22.7 Å². The van der Waals surface area contributed by atoms with E-state index < -0.39 is 9.84 Å². The predicted molar refractivity (Wildman–Crippen MR) is 116 cm³/mol. The summed E-state index contributed by atoms with van der Waals surface area (Å²) < 4.78 is 34.4. The van der Waals surface area contributed by atoms with Crippen LogP contribution in [-0.4, -0.2) is 106 Å². The summed E-state index contributed by atoms with van der Waals surface area (Å²) in [6.45, 7) is 6.75. The fraction of sp³-hybridized carbons (Fsp3) is 0.667. The van der Waals surface area contributed by atoms with Crippen molar-refractivity contribution in [2.45, 2.75) is 25.4 Å². The molecule has 1 aromatic carbocycles. The summed E-state index contributed by atoms with van der Waals surface area (Å²) in [6.07, 6.45) is 0.541. The van der Waals surface area contributed by atoms with E-state index in [0.717, 1.165) is 44.2 Å². The topological polar surface area (TPSA) is 79.4 Å². The van der Waals surface area contributed by atoms with E-state index in [1.165, 1.54) is 0 Å². The Kier molecular flexibility index (Phi) is 7.60. The van der Waals surface area contributed by atoms with Gasteiger partial charge in [-0.15, -0.1) is 0 Å². The molecule has 8 nitrogen and oxygen atoms in total. The Hall–Kier alpha value is -1.84. The molecule has 1 amide bonds. The number of rotatable bonds is 8. The number of nitrogens with zero attached hydrogens (tertiary/aromatic N) is 3. The summed E-state index contributed by atoms with van der Waals surface area (Å²) in [5.41, 5.74) is 0. The van der Waals surface area contributed by atoms with Crippen LogP contribution in [0.1, 0.15) is 13.3 Å². The number of likely N-dealkylation sites (N-methyl/N-ethyl adjacent to an activating group) is 1. The Balaban J connectivity index is 1.39. The second-order valence-electron chi connectivity index (χ2n) is 8.08. The van der Waals surface area contributed by atoms with Gasteiger partial charge in [0.05, 0.1) is 24.7 Å². The molecule has 2 aliphatic heterocycles. The number of amides is 1. The zero-order valence-electron chi connectivity index (χ0n) is 18.1. The zero-order chi connectivity index (χ0) is 21.7. The Morgan fingerprint density at radius 2 is 1.80 bits per heavy atom. The van der Waals surface area contributed by atoms with E-state index in [1.54, 1.807) is 19.1 Å². The number of ether oxygens (including phenoxy) is 2. The van der Waals surface area contributed by atoms with E-state index in [-0.39, 0.29) is 29.5 Å². The number of hydrogen-bond donors (Lipinski definition) is 0. The molecule has 0 spiro atoms. The minimum absolute atomic E-state index is 0.00777. The third-order valence-corrected chi connectivity index (χ3v) is 7.90. The standard InChI is InChI=1S/C21H33N3O5S/c1-17(21(25)22(2)18-8-15-30(26,27)16-18)24-11-9-23(10-12-24)13-14-29-20-6-4-19(28-3)5-7-20/h4-7,17-18H,8-16H2,1-3H3/t17-,18-/m0/s1. The van der Waals surface area contributed by atoms with Gasteiger partial charge in [-0.1, -0.05) is 0 Å². The smallest absolute Gasteiger partial charge is 0.239 e. The average molecular weight is 440 g/mol. The molecule has 0 bridgehead atoms. The van der Waals surface area contributed by atoms with Crippen LogP contribution >= 0.6 is 0 Å². The van der Waals surface area contributed by atoms with Crippen molar-refractivity contribution in [3.63, 3.8) is 0 Å². The van der Waals surface area contributed by atoms with Crippen LogP contribution in [-0.2, 0) is 14.6 Å². The lowest BCUT2D eigenvalue weighted by atomic mass is 10.1. The molecule has 0 radical (unpaired) electrons. The maximum Gasteiger partial charge on any atom is 0.239 e. The van der Waals surface area contributed by atoms with Gasteiger partial charge in [0, 0.05) is 45.8 Å². The minimum Gasteiger partial charge on any atom is -0.497 e. The van der Waals surface area contributed by atoms with Gasteiger partial charge in [-0.2, -0.15) is 0 Å². The van der Waals surface area contributed by atoms with Gasteiger partial charge in [-0.3, -0.25) is 14.6 Å². The molecule has 2 saturated heterocycles. The molecular formula is C21H33N3O5S. The molecule has 30 heavy (non-hydrogen) atoms. The first-order valence-corrected chi connectivity index (χ1v) is 12.3. The second kappa shape index (κ2) is 9.98. The first kappa shape index (κ1) is 22.8. The van der Waals surface area contributed by atoms with Gasteiger partial charge in [0.1, 0.15) is 18.1 Å². The van der Waals surface area contributed by atoms with Crippen LogP contribution in [0.3, 0.4) is 0 Å². The van der Waals surface area contributed by atoms with Crippen LogP contribution in [0.2, 0.25) is 0 Å². The molecule has 9 heteroatoms. The third kappa shape index (κ3) is 5.86. The summed E-state index contributed by atoms with van der Waals surface area (Å²) >= 11 is 0. The molecular weight excluding hydrogens is 406 g/mol. The fourth-order valence-corrected chi connectivity index (χ4v) is 5.82. The Bertz CT molecular complexity index is 806. The molecule has 0 saturated carbocycles. The highest BCUT2D eigenvalue weighted by Crippen LogP contribution is 2.19. The zero-order valence-corrected chi connectivity index (χ0v) is 18.9. The van der Waals surface area contributed by atoms with E-state index in [4.69, 9.17) is 9.47 Å². The van der Waals surface area contributed by atoms with E-state index >= 15 is 0 Å². The van der Waals surface area contributed by atoms with Crippen molar-refractivity contribution in [2.75, 3.05) is 65.0 Å². The van der Waals surface area contributed by atoms with Gasteiger partial charge >= 0.3 is 0 Å². The maximum atomic E-state index is 12.8. The van der Waals surface area contributed by atoms with Crippen molar-refractivity contribution in [1.82, 2.24) is 14.7 Å². The van der Waals surface area contributed by atoms with E-state index in [0.29, 0.717) is 13.0 Å². The third-order valence-electron chi connectivity index (χ3n) is 6.15.